The highest BCUT2D eigenvalue weighted by atomic mass is 15.1. The van der Waals surface area contributed by atoms with Crippen molar-refractivity contribution in [3.05, 3.63) is 29.8 Å². The number of hydrogen-bond donors (Lipinski definition) is 1. The quantitative estimate of drug-likeness (QED) is 0.813. The first-order valence-electron chi connectivity index (χ1n) is 6.72. The van der Waals surface area contributed by atoms with Crippen LogP contribution in [0.2, 0.25) is 0 Å². The molecule has 96 valence electrons. The molecule has 0 aliphatic carbocycles. The lowest BCUT2D eigenvalue weighted by molar-refractivity contribution is 0.669. The Kier molecular flexibility index (Phi) is 5.49. The van der Waals surface area contributed by atoms with Gasteiger partial charge in [-0.25, -0.2) is 0 Å². The minimum atomic E-state index is 0.169. The van der Waals surface area contributed by atoms with E-state index in [1.807, 2.05) is 0 Å². The molecule has 1 aromatic carbocycles. The van der Waals surface area contributed by atoms with Gasteiger partial charge in [0.2, 0.25) is 0 Å². The summed E-state index contributed by atoms with van der Waals surface area (Å²) in [4.78, 5) is 2.43. The van der Waals surface area contributed by atoms with Crippen molar-refractivity contribution in [3.8, 4) is 0 Å². The maximum atomic E-state index is 6.03. The molecule has 1 rings (SSSR count). The molecule has 0 heterocycles. The Bertz CT molecular complexity index is 316. The number of rotatable bonds is 6. The Balaban J connectivity index is 2.84. The molecular weight excluding hydrogens is 208 g/mol. The summed E-state index contributed by atoms with van der Waals surface area (Å²) in [6.45, 7) is 9.92. The summed E-state index contributed by atoms with van der Waals surface area (Å²) in [5.41, 5.74) is 8.56. The van der Waals surface area contributed by atoms with Crippen LogP contribution in [0.1, 0.15) is 52.1 Å². The molecular formula is C15H26N2. The van der Waals surface area contributed by atoms with Crippen molar-refractivity contribution >= 4 is 5.69 Å². The third-order valence-electron chi connectivity index (χ3n) is 3.18. The van der Waals surface area contributed by atoms with Gasteiger partial charge in [-0.15, -0.1) is 0 Å². The van der Waals surface area contributed by atoms with E-state index in [9.17, 15) is 0 Å². The Morgan fingerprint density at radius 3 is 2.12 bits per heavy atom. The molecule has 0 aliphatic heterocycles. The number of anilines is 1. The first kappa shape index (κ1) is 14.0. The van der Waals surface area contributed by atoms with Gasteiger partial charge in [0.15, 0.2) is 0 Å². The van der Waals surface area contributed by atoms with E-state index < -0.39 is 0 Å². The second kappa shape index (κ2) is 6.65. The SMILES string of the molecule is CCCN(c1ccc([C@H](N)CC)cc1)C(C)C. The van der Waals surface area contributed by atoms with Gasteiger partial charge in [-0.3, -0.25) is 0 Å². The Hall–Kier alpha value is -1.02. The van der Waals surface area contributed by atoms with E-state index >= 15 is 0 Å². The fourth-order valence-electron chi connectivity index (χ4n) is 2.08. The van der Waals surface area contributed by atoms with Crippen molar-refractivity contribution in [2.45, 2.75) is 52.6 Å². The van der Waals surface area contributed by atoms with Gasteiger partial charge in [0.1, 0.15) is 0 Å². The highest BCUT2D eigenvalue weighted by Gasteiger charge is 2.10. The van der Waals surface area contributed by atoms with E-state index in [2.05, 4.69) is 56.9 Å². The molecule has 17 heavy (non-hydrogen) atoms. The van der Waals surface area contributed by atoms with Crippen molar-refractivity contribution < 1.29 is 0 Å². The molecule has 0 aliphatic rings. The van der Waals surface area contributed by atoms with Crippen LogP contribution in [0.5, 0.6) is 0 Å². The zero-order valence-corrected chi connectivity index (χ0v) is 11.6. The van der Waals surface area contributed by atoms with Crippen LogP contribution in [0.3, 0.4) is 0 Å². The molecule has 1 atom stereocenters. The van der Waals surface area contributed by atoms with Crippen LogP contribution in [0.25, 0.3) is 0 Å². The highest BCUT2D eigenvalue weighted by Crippen LogP contribution is 2.21. The third kappa shape index (κ3) is 3.74. The van der Waals surface area contributed by atoms with Crippen LogP contribution >= 0.6 is 0 Å². The van der Waals surface area contributed by atoms with Gasteiger partial charge in [-0.2, -0.15) is 0 Å². The predicted octanol–water partition coefficient (Wildman–Crippen LogP) is 3.72. The monoisotopic (exact) mass is 234 g/mol. The van der Waals surface area contributed by atoms with Crippen LogP contribution in [-0.2, 0) is 0 Å². The number of hydrogen-bond acceptors (Lipinski definition) is 2. The van der Waals surface area contributed by atoms with Gasteiger partial charge in [-0.1, -0.05) is 26.0 Å². The Morgan fingerprint density at radius 2 is 1.71 bits per heavy atom. The van der Waals surface area contributed by atoms with Crippen LogP contribution in [0.15, 0.2) is 24.3 Å². The molecule has 0 bridgehead atoms. The molecule has 2 nitrogen and oxygen atoms in total. The minimum absolute atomic E-state index is 0.169. The Morgan fingerprint density at radius 1 is 1.12 bits per heavy atom. The second-order valence-corrected chi connectivity index (χ2v) is 4.89. The van der Waals surface area contributed by atoms with E-state index in [4.69, 9.17) is 5.73 Å². The average molecular weight is 234 g/mol. The van der Waals surface area contributed by atoms with Gasteiger partial charge in [-0.05, 0) is 44.4 Å². The van der Waals surface area contributed by atoms with Gasteiger partial charge < -0.3 is 10.6 Å². The zero-order chi connectivity index (χ0) is 12.8. The number of benzene rings is 1. The molecule has 1 aromatic rings. The summed E-state index contributed by atoms with van der Waals surface area (Å²) in [6.07, 6.45) is 2.16. The molecule has 0 saturated carbocycles. The molecule has 2 N–H and O–H groups in total. The van der Waals surface area contributed by atoms with Crippen LogP contribution in [0, 0.1) is 0 Å². The first-order chi connectivity index (χ1) is 8.10. The minimum Gasteiger partial charge on any atom is -0.369 e. The summed E-state index contributed by atoms with van der Waals surface area (Å²) in [6, 6.07) is 9.42. The van der Waals surface area contributed by atoms with Crippen molar-refractivity contribution in [3.63, 3.8) is 0 Å². The van der Waals surface area contributed by atoms with E-state index in [-0.39, 0.29) is 6.04 Å². The summed E-state index contributed by atoms with van der Waals surface area (Å²) < 4.78 is 0. The predicted molar refractivity (Wildman–Crippen MR) is 76.4 cm³/mol. The van der Waals surface area contributed by atoms with Crippen LogP contribution in [-0.4, -0.2) is 12.6 Å². The molecule has 0 fully saturated rings. The molecule has 0 radical (unpaired) electrons. The maximum Gasteiger partial charge on any atom is 0.0368 e. The summed E-state index contributed by atoms with van der Waals surface area (Å²) in [5.74, 6) is 0. The molecule has 0 unspecified atom stereocenters. The van der Waals surface area contributed by atoms with E-state index in [1.54, 1.807) is 0 Å². The van der Waals surface area contributed by atoms with Crippen LogP contribution in [0.4, 0.5) is 5.69 Å². The van der Waals surface area contributed by atoms with E-state index in [0.717, 1.165) is 13.0 Å². The smallest absolute Gasteiger partial charge is 0.0368 e. The lowest BCUT2D eigenvalue weighted by atomic mass is 10.0. The van der Waals surface area contributed by atoms with Crippen molar-refractivity contribution in [2.24, 2.45) is 5.73 Å². The maximum absolute atomic E-state index is 6.03. The molecule has 0 aromatic heterocycles. The largest absolute Gasteiger partial charge is 0.369 e. The Labute approximate surface area is 106 Å². The second-order valence-electron chi connectivity index (χ2n) is 4.89. The normalized spacial score (nSPS) is 12.8. The molecule has 0 saturated heterocycles. The highest BCUT2D eigenvalue weighted by molar-refractivity contribution is 5.48. The molecule has 0 spiro atoms. The van der Waals surface area contributed by atoms with Crippen molar-refractivity contribution in [2.75, 3.05) is 11.4 Å². The van der Waals surface area contributed by atoms with Crippen molar-refractivity contribution in [1.82, 2.24) is 0 Å². The fraction of sp³-hybridized carbons (Fsp3) is 0.600. The zero-order valence-electron chi connectivity index (χ0n) is 11.6. The first-order valence-corrected chi connectivity index (χ1v) is 6.72. The summed E-state index contributed by atoms with van der Waals surface area (Å²) in [7, 11) is 0. The molecule has 2 heteroatoms. The van der Waals surface area contributed by atoms with Gasteiger partial charge in [0, 0.05) is 24.3 Å². The number of nitrogens with two attached hydrogens (primary N) is 1. The standard InChI is InChI=1S/C15H26N2/c1-5-11-17(12(3)4)14-9-7-13(8-10-14)15(16)6-2/h7-10,12,15H,5-6,11,16H2,1-4H3/t15-/m1/s1. The van der Waals surface area contributed by atoms with Crippen molar-refractivity contribution in [1.29, 1.82) is 0 Å². The third-order valence-corrected chi connectivity index (χ3v) is 3.18. The number of nitrogens with zero attached hydrogens (tertiary/aromatic N) is 1. The lowest BCUT2D eigenvalue weighted by Crippen LogP contribution is -2.31. The van der Waals surface area contributed by atoms with Gasteiger partial charge >= 0.3 is 0 Å². The van der Waals surface area contributed by atoms with E-state index in [1.165, 1.54) is 17.7 Å². The lowest BCUT2D eigenvalue weighted by Gasteiger charge is -2.29. The topological polar surface area (TPSA) is 29.3 Å². The molecule has 0 amide bonds. The average Bonchev–Trinajstić information content (AvgIpc) is 2.35. The fourth-order valence-corrected chi connectivity index (χ4v) is 2.08. The van der Waals surface area contributed by atoms with Crippen LogP contribution < -0.4 is 10.6 Å². The summed E-state index contributed by atoms with van der Waals surface area (Å²) >= 11 is 0. The van der Waals surface area contributed by atoms with E-state index in [0.29, 0.717) is 6.04 Å². The van der Waals surface area contributed by atoms with Gasteiger partial charge in [0.25, 0.3) is 0 Å². The van der Waals surface area contributed by atoms with Gasteiger partial charge in [0.05, 0.1) is 0 Å². The summed E-state index contributed by atoms with van der Waals surface area (Å²) in [5, 5.41) is 0.